The SMILES string of the molecule is CCCOc1ccc(C(=O)NNS(=O)(=O)c2cc(C)ccc2C)cc1OC. The Morgan fingerprint density at radius 2 is 1.81 bits per heavy atom. The van der Waals surface area contributed by atoms with Crippen LogP contribution in [0.4, 0.5) is 0 Å². The van der Waals surface area contributed by atoms with Gasteiger partial charge in [-0.3, -0.25) is 10.2 Å². The summed E-state index contributed by atoms with van der Waals surface area (Å²) in [5, 5.41) is 0. The van der Waals surface area contributed by atoms with Crippen molar-refractivity contribution in [2.45, 2.75) is 32.1 Å². The molecule has 146 valence electrons. The number of amides is 1. The van der Waals surface area contributed by atoms with Gasteiger partial charge in [-0.15, -0.1) is 4.83 Å². The largest absolute Gasteiger partial charge is 0.493 e. The third-order valence-electron chi connectivity index (χ3n) is 3.82. The van der Waals surface area contributed by atoms with E-state index in [1.807, 2.05) is 13.0 Å². The van der Waals surface area contributed by atoms with Crippen molar-refractivity contribution in [3.8, 4) is 11.5 Å². The molecule has 2 N–H and O–H groups in total. The molecule has 0 saturated heterocycles. The molecule has 0 bridgehead atoms. The van der Waals surface area contributed by atoms with Crippen LogP contribution in [0.3, 0.4) is 0 Å². The summed E-state index contributed by atoms with van der Waals surface area (Å²) < 4.78 is 35.7. The summed E-state index contributed by atoms with van der Waals surface area (Å²) in [4.78, 5) is 14.6. The Balaban J connectivity index is 2.14. The third-order valence-corrected chi connectivity index (χ3v) is 5.21. The van der Waals surface area contributed by atoms with Gasteiger partial charge in [0.05, 0.1) is 18.6 Å². The fourth-order valence-electron chi connectivity index (χ4n) is 2.38. The predicted molar refractivity (Wildman–Crippen MR) is 102 cm³/mol. The number of carbonyl (C=O) groups excluding carboxylic acids is 1. The van der Waals surface area contributed by atoms with E-state index in [9.17, 15) is 13.2 Å². The second kappa shape index (κ2) is 8.88. The quantitative estimate of drug-likeness (QED) is 0.674. The maximum Gasteiger partial charge on any atom is 0.266 e. The lowest BCUT2D eigenvalue weighted by Crippen LogP contribution is -2.41. The number of hydrogen-bond acceptors (Lipinski definition) is 5. The zero-order valence-electron chi connectivity index (χ0n) is 15.8. The van der Waals surface area contributed by atoms with E-state index in [1.54, 1.807) is 32.0 Å². The second-order valence-corrected chi connectivity index (χ2v) is 7.69. The molecule has 0 unspecified atom stereocenters. The van der Waals surface area contributed by atoms with E-state index in [0.29, 0.717) is 23.7 Å². The number of rotatable bonds is 8. The van der Waals surface area contributed by atoms with E-state index in [4.69, 9.17) is 9.47 Å². The molecule has 0 aromatic heterocycles. The third kappa shape index (κ3) is 5.21. The molecule has 0 saturated carbocycles. The average molecular weight is 392 g/mol. The summed E-state index contributed by atoms with van der Waals surface area (Å²) in [5.74, 6) is 0.310. The number of carbonyl (C=O) groups is 1. The van der Waals surface area contributed by atoms with Gasteiger partial charge in [0.2, 0.25) is 0 Å². The molecular formula is C19H24N2O5S. The molecule has 0 heterocycles. The van der Waals surface area contributed by atoms with E-state index < -0.39 is 15.9 Å². The van der Waals surface area contributed by atoms with Crippen molar-refractivity contribution < 1.29 is 22.7 Å². The fraction of sp³-hybridized carbons (Fsp3) is 0.316. The smallest absolute Gasteiger partial charge is 0.266 e. The molecule has 2 aromatic carbocycles. The minimum Gasteiger partial charge on any atom is -0.493 e. The molecule has 1 amide bonds. The van der Waals surface area contributed by atoms with Gasteiger partial charge in [-0.2, -0.15) is 0 Å². The van der Waals surface area contributed by atoms with E-state index in [-0.39, 0.29) is 10.5 Å². The fourth-order valence-corrected chi connectivity index (χ4v) is 3.55. The van der Waals surface area contributed by atoms with Crippen LogP contribution >= 0.6 is 0 Å². The number of aryl methyl sites for hydroxylation is 2. The van der Waals surface area contributed by atoms with E-state index >= 15 is 0 Å². The van der Waals surface area contributed by atoms with Crippen LogP contribution in [-0.2, 0) is 10.0 Å². The van der Waals surface area contributed by atoms with Crippen molar-refractivity contribution in [2.75, 3.05) is 13.7 Å². The summed E-state index contributed by atoms with van der Waals surface area (Å²) >= 11 is 0. The number of hydrazine groups is 1. The standard InChI is InChI=1S/C19H24N2O5S/c1-5-10-26-16-9-8-15(12-17(16)25-4)19(22)20-21-27(23,24)18-11-13(2)6-7-14(18)3/h6-9,11-12,21H,5,10H2,1-4H3,(H,20,22). The molecule has 2 rings (SSSR count). The highest BCUT2D eigenvalue weighted by Crippen LogP contribution is 2.28. The zero-order valence-corrected chi connectivity index (χ0v) is 16.6. The van der Waals surface area contributed by atoms with Gasteiger partial charge in [-0.25, -0.2) is 8.42 Å². The first-order chi connectivity index (χ1) is 12.8. The first-order valence-corrected chi connectivity index (χ1v) is 9.97. The van der Waals surface area contributed by atoms with Crippen LogP contribution in [0.5, 0.6) is 11.5 Å². The molecule has 0 aliphatic rings. The summed E-state index contributed by atoms with van der Waals surface area (Å²) in [6.45, 7) is 6.00. The van der Waals surface area contributed by atoms with E-state index in [1.165, 1.54) is 19.2 Å². The summed E-state index contributed by atoms with van der Waals surface area (Å²) in [5.41, 5.74) is 3.85. The van der Waals surface area contributed by atoms with Crippen molar-refractivity contribution in [1.29, 1.82) is 0 Å². The Kier molecular flexibility index (Phi) is 6.81. The Morgan fingerprint density at radius 1 is 1.07 bits per heavy atom. The molecule has 2 aromatic rings. The molecule has 0 fully saturated rings. The van der Waals surface area contributed by atoms with Crippen LogP contribution in [0.2, 0.25) is 0 Å². The normalized spacial score (nSPS) is 11.1. The van der Waals surface area contributed by atoms with Gasteiger partial charge in [-0.05, 0) is 55.7 Å². The van der Waals surface area contributed by atoms with E-state index in [2.05, 4.69) is 10.3 Å². The Bertz CT molecular complexity index is 926. The molecule has 7 nitrogen and oxygen atoms in total. The number of methoxy groups -OCH3 is 1. The van der Waals surface area contributed by atoms with Gasteiger partial charge < -0.3 is 9.47 Å². The number of ether oxygens (including phenoxy) is 2. The first kappa shape index (κ1) is 20.7. The molecule has 0 aliphatic carbocycles. The number of benzene rings is 2. The highest BCUT2D eigenvalue weighted by Gasteiger charge is 2.19. The monoisotopic (exact) mass is 392 g/mol. The van der Waals surface area contributed by atoms with Crippen LogP contribution in [0.25, 0.3) is 0 Å². The highest BCUT2D eigenvalue weighted by atomic mass is 32.2. The van der Waals surface area contributed by atoms with Crippen LogP contribution in [0.15, 0.2) is 41.3 Å². The van der Waals surface area contributed by atoms with Crippen molar-refractivity contribution in [3.05, 3.63) is 53.1 Å². The van der Waals surface area contributed by atoms with Gasteiger partial charge in [0.15, 0.2) is 11.5 Å². The molecule has 0 aliphatic heterocycles. The summed E-state index contributed by atoms with van der Waals surface area (Å²) in [6, 6.07) is 9.73. The molecular weight excluding hydrogens is 368 g/mol. The van der Waals surface area contributed by atoms with Crippen molar-refractivity contribution in [1.82, 2.24) is 10.3 Å². The molecule has 8 heteroatoms. The average Bonchev–Trinajstić information content (AvgIpc) is 2.66. The number of sulfonamides is 1. The Morgan fingerprint density at radius 3 is 2.48 bits per heavy atom. The van der Waals surface area contributed by atoms with Crippen molar-refractivity contribution >= 4 is 15.9 Å². The molecule has 27 heavy (non-hydrogen) atoms. The topological polar surface area (TPSA) is 93.7 Å². The van der Waals surface area contributed by atoms with Gasteiger partial charge in [0, 0.05) is 5.56 Å². The van der Waals surface area contributed by atoms with Crippen molar-refractivity contribution in [2.24, 2.45) is 0 Å². The van der Waals surface area contributed by atoms with Crippen LogP contribution in [0.1, 0.15) is 34.8 Å². The van der Waals surface area contributed by atoms with Crippen LogP contribution in [0, 0.1) is 13.8 Å². The summed E-state index contributed by atoms with van der Waals surface area (Å²) in [6.07, 6.45) is 0.839. The van der Waals surface area contributed by atoms with Crippen molar-refractivity contribution in [3.63, 3.8) is 0 Å². The first-order valence-electron chi connectivity index (χ1n) is 8.48. The van der Waals surface area contributed by atoms with E-state index in [0.717, 1.165) is 12.0 Å². The maximum atomic E-state index is 12.5. The van der Waals surface area contributed by atoms with Gasteiger partial charge in [0.1, 0.15) is 0 Å². The van der Waals surface area contributed by atoms with Gasteiger partial charge in [0.25, 0.3) is 15.9 Å². The minimum absolute atomic E-state index is 0.115. The predicted octanol–water partition coefficient (Wildman–Crippen LogP) is 2.72. The maximum absolute atomic E-state index is 12.5. The van der Waals surface area contributed by atoms with Crippen LogP contribution < -0.4 is 19.7 Å². The molecule has 0 spiro atoms. The minimum atomic E-state index is -3.89. The summed E-state index contributed by atoms with van der Waals surface area (Å²) in [7, 11) is -2.42. The van der Waals surface area contributed by atoms with Crippen LogP contribution in [-0.4, -0.2) is 28.0 Å². The second-order valence-electron chi connectivity index (χ2n) is 6.04. The number of hydrogen-bond donors (Lipinski definition) is 2. The molecule has 0 atom stereocenters. The Hall–Kier alpha value is -2.58. The number of nitrogens with one attached hydrogen (secondary N) is 2. The Labute approximate surface area is 159 Å². The lowest BCUT2D eigenvalue weighted by atomic mass is 10.2. The van der Waals surface area contributed by atoms with Gasteiger partial charge in [-0.1, -0.05) is 19.1 Å². The lowest BCUT2D eigenvalue weighted by molar-refractivity contribution is 0.0944. The zero-order chi connectivity index (χ0) is 20.0. The highest BCUT2D eigenvalue weighted by molar-refractivity contribution is 7.89. The lowest BCUT2D eigenvalue weighted by Gasteiger charge is -2.13. The molecule has 0 radical (unpaired) electrons. The van der Waals surface area contributed by atoms with Gasteiger partial charge >= 0.3 is 0 Å².